The van der Waals surface area contributed by atoms with Crippen LogP contribution in [0.5, 0.6) is 5.75 Å². The van der Waals surface area contributed by atoms with E-state index in [-0.39, 0.29) is 5.91 Å². The van der Waals surface area contributed by atoms with Crippen LogP contribution < -0.4 is 15.0 Å². The molecule has 1 amide bonds. The highest BCUT2D eigenvalue weighted by Crippen LogP contribution is 2.24. The number of para-hydroxylation sites is 1. The summed E-state index contributed by atoms with van der Waals surface area (Å²) in [5.41, 5.74) is 4.52. The van der Waals surface area contributed by atoms with Crippen molar-refractivity contribution >= 4 is 11.6 Å². The van der Waals surface area contributed by atoms with E-state index in [1.165, 1.54) is 5.56 Å². The summed E-state index contributed by atoms with van der Waals surface area (Å²) in [7, 11) is 2.01. The van der Waals surface area contributed by atoms with Crippen LogP contribution in [0.1, 0.15) is 23.6 Å². The molecule has 0 aliphatic rings. The van der Waals surface area contributed by atoms with Crippen LogP contribution in [0.3, 0.4) is 0 Å². The quantitative estimate of drug-likeness (QED) is 0.837. The average molecular weight is 340 g/mol. The number of anilines is 1. The van der Waals surface area contributed by atoms with Crippen LogP contribution in [0.4, 0.5) is 5.69 Å². The van der Waals surface area contributed by atoms with Crippen LogP contribution in [0.2, 0.25) is 0 Å². The number of ether oxygens (including phenoxy) is 1. The molecule has 2 aromatic rings. The number of amides is 1. The third-order valence-electron chi connectivity index (χ3n) is 4.38. The summed E-state index contributed by atoms with van der Waals surface area (Å²) in [5.74, 6) is 0.682. The van der Waals surface area contributed by atoms with Crippen molar-refractivity contribution < 1.29 is 9.53 Å². The SMILES string of the molecule is Cc1cc(C)c(C)c(OC(C)C(=O)NCCN(C)c2ccccc2)c1. The number of aryl methyl sites for hydroxylation is 2. The van der Waals surface area contributed by atoms with Crippen molar-refractivity contribution in [2.24, 2.45) is 0 Å². The Bertz CT molecular complexity index is 713. The lowest BCUT2D eigenvalue weighted by Gasteiger charge is -2.21. The van der Waals surface area contributed by atoms with Crippen molar-refractivity contribution in [1.82, 2.24) is 5.32 Å². The molecule has 0 spiro atoms. The summed E-state index contributed by atoms with van der Waals surface area (Å²) < 4.78 is 5.89. The molecule has 4 heteroatoms. The molecule has 1 unspecified atom stereocenters. The van der Waals surface area contributed by atoms with Gasteiger partial charge in [0.2, 0.25) is 0 Å². The maximum Gasteiger partial charge on any atom is 0.260 e. The van der Waals surface area contributed by atoms with E-state index in [1.807, 2.05) is 45.2 Å². The summed E-state index contributed by atoms with van der Waals surface area (Å²) in [6.07, 6.45) is -0.526. The summed E-state index contributed by atoms with van der Waals surface area (Å²) in [5, 5.41) is 2.95. The Morgan fingerprint density at radius 2 is 1.84 bits per heavy atom. The molecular formula is C21H28N2O2. The lowest BCUT2D eigenvalue weighted by atomic mass is 10.1. The summed E-state index contributed by atoms with van der Waals surface area (Å²) in [6.45, 7) is 9.20. The van der Waals surface area contributed by atoms with Gasteiger partial charge in [0.05, 0.1) is 0 Å². The van der Waals surface area contributed by atoms with E-state index in [4.69, 9.17) is 4.74 Å². The van der Waals surface area contributed by atoms with Crippen LogP contribution in [-0.4, -0.2) is 32.1 Å². The Morgan fingerprint density at radius 1 is 1.16 bits per heavy atom. The first-order valence-electron chi connectivity index (χ1n) is 8.67. The van der Waals surface area contributed by atoms with E-state index < -0.39 is 6.10 Å². The molecule has 0 saturated heterocycles. The van der Waals surface area contributed by atoms with Gasteiger partial charge >= 0.3 is 0 Å². The molecule has 134 valence electrons. The van der Waals surface area contributed by atoms with Gasteiger partial charge in [0.15, 0.2) is 6.10 Å². The highest BCUT2D eigenvalue weighted by atomic mass is 16.5. The minimum Gasteiger partial charge on any atom is -0.481 e. The molecule has 0 aliphatic heterocycles. The van der Waals surface area contributed by atoms with Gasteiger partial charge in [-0.05, 0) is 62.6 Å². The molecular weight excluding hydrogens is 312 g/mol. The van der Waals surface area contributed by atoms with Gasteiger partial charge in [0, 0.05) is 25.8 Å². The number of nitrogens with zero attached hydrogens (tertiary/aromatic N) is 1. The molecule has 0 aliphatic carbocycles. The molecule has 0 fully saturated rings. The summed E-state index contributed by atoms with van der Waals surface area (Å²) >= 11 is 0. The minimum atomic E-state index is -0.526. The summed E-state index contributed by atoms with van der Waals surface area (Å²) in [6, 6.07) is 14.2. The van der Waals surface area contributed by atoms with Gasteiger partial charge in [-0.2, -0.15) is 0 Å². The fraction of sp³-hybridized carbons (Fsp3) is 0.381. The first-order valence-corrected chi connectivity index (χ1v) is 8.67. The number of hydrogen-bond acceptors (Lipinski definition) is 3. The largest absolute Gasteiger partial charge is 0.481 e. The molecule has 0 aromatic heterocycles. The Morgan fingerprint density at radius 3 is 2.52 bits per heavy atom. The number of nitrogens with one attached hydrogen (secondary N) is 1. The molecule has 2 aromatic carbocycles. The van der Waals surface area contributed by atoms with Crippen LogP contribution in [0.15, 0.2) is 42.5 Å². The standard InChI is InChI=1S/C21H28N2O2/c1-15-13-16(2)17(3)20(14-15)25-18(4)21(24)22-11-12-23(5)19-9-7-6-8-10-19/h6-10,13-14,18H,11-12H2,1-5H3,(H,22,24). The highest BCUT2D eigenvalue weighted by Gasteiger charge is 2.16. The van der Waals surface area contributed by atoms with Crippen molar-refractivity contribution in [2.75, 3.05) is 25.0 Å². The van der Waals surface area contributed by atoms with E-state index >= 15 is 0 Å². The zero-order valence-electron chi connectivity index (χ0n) is 15.8. The highest BCUT2D eigenvalue weighted by molar-refractivity contribution is 5.80. The second kappa shape index (κ2) is 8.56. The second-order valence-corrected chi connectivity index (χ2v) is 6.51. The lowest BCUT2D eigenvalue weighted by molar-refractivity contribution is -0.127. The predicted molar refractivity (Wildman–Crippen MR) is 103 cm³/mol. The van der Waals surface area contributed by atoms with Gasteiger partial charge in [-0.25, -0.2) is 0 Å². The minimum absolute atomic E-state index is 0.0972. The third-order valence-corrected chi connectivity index (χ3v) is 4.38. The number of carbonyl (C=O) groups is 1. The molecule has 1 N–H and O–H groups in total. The van der Waals surface area contributed by atoms with E-state index in [0.717, 1.165) is 29.1 Å². The molecule has 25 heavy (non-hydrogen) atoms. The number of rotatable bonds is 7. The zero-order valence-corrected chi connectivity index (χ0v) is 15.8. The normalized spacial score (nSPS) is 11.7. The van der Waals surface area contributed by atoms with E-state index in [9.17, 15) is 4.79 Å². The molecule has 0 radical (unpaired) electrons. The van der Waals surface area contributed by atoms with Gasteiger partial charge in [-0.15, -0.1) is 0 Å². The van der Waals surface area contributed by atoms with Crippen molar-refractivity contribution in [2.45, 2.75) is 33.8 Å². The topological polar surface area (TPSA) is 41.6 Å². The number of likely N-dealkylation sites (N-methyl/N-ethyl adjacent to an activating group) is 1. The Hall–Kier alpha value is -2.49. The first kappa shape index (κ1) is 18.8. The van der Waals surface area contributed by atoms with E-state index in [0.29, 0.717) is 6.54 Å². The van der Waals surface area contributed by atoms with Crippen LogP contribution in [0, 0.1) is 20.8 Å². The second-order valence-electron chi connectivity index (χ2n) is 6.51. The maximum atomic E-state index is 12.3. The average Bonchev–Trinajstić information content (AvgIpc) is 2.59. The van der Waals surface area contributed by atoms with Crippen LogP contribution in [-0.2, 0) is 4.79 Å². The van der Waals surface area contributed by atoms with Crippen LogP contribution >= 0.6 is 0 Å². The smallest absolute Gasteiger partial charge is 0.260 e. The molecule has 4 nitrogen and oxygen atoms in total. The van der Waals surface area contributed by atoms with Crippen molar-refractivity contribution in [3.63, 3.8) is 0 Å². The lowest BCUT2D eigenvalue weighted by Crippen LogP contribution is -2.40. The predicted octanol–water partition coefficient (Wildman–Crippen LogP) is 3.63. The number of hydrogen-bond donors (Lipinski definition) is 1. The fourth-order valence-electron chi connectivity index (χ4n) is 2.67. The molecule has 0 heterocycles. The maximum absolute atomic E-state index is 12.3. The monoisotopic (exact) mass is 340 g/mol. The van der Waals surface area contributed by atoms with Gasteiger partial charge in [-0.1, -0.05) is 24.3 Å². The molecule has 0 bridgehead atoms. The van der Waals surface area contributed by atoms with Crippen molar-refractivity contribution in [1.29, 1.82) is 0 Å². The van der Waals surface area contributed by atoms with E-state index in [1.54, 1.807) is 6.92 Å². The number of carbonyl (C=O) groups excluding carboxylic acids is 1. The van der Waals surface area contributed by atoms with Crippen molar-refractivity contribution in [3.05, 3.63) is 59.2 Å². The molecule has 0 saturated carbocycles. The molecule has 2 rings (SSSR count). The zero-order chi connectivity index (χ0) is 18.4. The number of benzene rings is 2. The Balaban J connectivity index is 1.85. The van der Waals surface area contributed by atoms with Gasteiger partial charge < -0.3 is 15.0 Å². The summed E-state index contributed by atoms with van der Waals surface area (Å²) in [4.78, 5) is 14.4. The third kappa shape index (κ3) is 5.24. The first-order chi connectivity index (χ1) is 11.9. The Kier molecular flexibility index (Phi) is 6.45. The van der Waals surface area contributed by atoms with Gasteiger partial charge in [0.1, 0.15) is 5.75 Å². The van der Waals surface area contributed by atoms with E-state index in [2.05, 4.69) is 35.3 Å². The van der Waals surface area contributed by atoms with Crippen molar-refractivity contribution in [3.8, 4) is 5.75 Å². The Labute approximate surface area is 150 Å². The van der Waals surface area contributed by atoms with Gasteiger partial charge in [-0.3, -0.25) is 4.79 Å². The van der Waals surface area contributed by atoms with Crippen LogP contribution in [0.25, 0.3) is 0 Å². The molecule has 1 atom stereocenters. The fourth-order valence-corrected chi connectivity index (χ4v) is 2.67. The van der Waals surface area contributed by atoms with Gasteiger partial charge in [0.25, 0.3) is 5.91 Å².